The van der Waals surface area contributed by atoms with Crippen LogP contribution in [-0.4, -0.2) is 21.7 Å². The van der Waals surface area contributed by atoms with Gasteiger partial charge in [0.25, 0.3) is 5.91 Å². The van der Waals surface area contributed by atoms with Gasteiger partial charge in [0, 0.05) is 11.3 Å². The van der Waals surface area contributed by atoms with Gasteiger partial charge in [-0.15, -0.1) is 0 Å². The van der Waals surface area contributed by atoms with Crippen LogP contribution in [0.5, 0.6) is 0 Å². The standard InChI is InChI=1S/C13H9F4N3O2/c14-12(5-6-12)10(21)18-8-3-1-7(2-4-8)9-19-11(22-20-9)13(15,16)17/h1-4H,5-6H2,(H,18,21). The monoisotopic (exact) mass is 315 g/mol. The first-order valence-corrected chi connectivity index (χ1v) is 6.30. The number of hydrogen-bond donors (Lipinski definition) is 1. The van der Waals surface area contributed by atoms with Crippen molar-refractivity contribution in [1.82, 2.24) is 10.1 Å². The first-order valence-electron chi connectivity index (χ1n) is 6.30. The van der Waals surface area contributed by atoms with Crippen LogP contribution in [0.1, 0.15) is 18.7 Å². The average Bonchev–Trinajstić information content (AvgIpc) is 3.02. The minimum atomic E-state index is -4.71. The van der Waals surface area contributed by atoms with Crippen molar-refractivity contribution in [2.75, 3.05) is 5.32 Å². The second-order valence-corrected chi connectivity index (χ2v) is 4.92. The number of carbonyl (C=O) groups excluding carboxylic acids is 1. The number of amides is 1. The van der Waals surface area contributed by atoms with Crippen molar-refractivity contribution >= 4 is 11.6 Å². The Balaban J connectivity index is 1.74. The molecular weight excluding hydrogens is 306 g/mol. The van der Waals surface area contributed by atoms with E-state index in [1.165, 1.54) is 24.3 Å². The lowest BCUT2D eigenvalue weighted by Crippen LogP contribution is -2.25. The molecule has 1 fully saturated rings. The Labute approximate surface area is 121 Å². The number of hydrogen-bond acceptors (Lipinski definition) is 4. The molecule has 5 nitrogen and oxygen atoms in total. The van der Waals surface area contributed by atoms with Crippen LogP contribution in [0.4, 0.5) is 23.2 Å². The summed E-state index contributed by atoms with van der Waals surface area (Å²) in [6.45, 7) is 0. The molecule has 1 saturated carbocycles. The fourth-order valence-electron chi connectivity index (χ4n) is 1.74. The van der Waals surface area contributed by atoms with Gasteiger partial charge >= 0.3 is 12.1 Å². The van der Waals surface area contributed by atoms with Gasteiger partial charge in [-0.25, -0.2) is 4.39 Å². The predicted octanol–water partition coefficient (Wildman–Crippen LogP) is 3.20. The molecule has 1 aromatic carbocycles. The summed E-state index contributed by atoms with van der Waals surface area (Å²) in [4.78, 5) is 14.8. The molecule has 0 radical (unpaired) electrons. The van der Waals surface area contributed by atoms with Gasteiger partial charge in [-0.2, -0.15) is 18.2 Å². The van der Waals surface area contributed by atoms with Crippen LogP contribution in [0.3, 0.4) is 0 Å². The third-order valence-electron chi connectivity index (χ3n) is 3.17. The highest BCUT2D eigenvalue weighted by atomic mass is 19.4. The molecule has 0 bridgehead atoms. The predicted molar refractivity (Wildman–Crippen MR) is 66.4 cm³/mol. The zero-order valence-corrected chi connectivity index (χ0v) is 10.9. The minimum absolute atomic E-state index is 0.194. The number of rotatable bonds is 3. The SMILES string of the molecule is O=C(Nc1ccc(-c2noc(C(F)(F)F)n2)cc1)C1(F)CC1. The van der Waals surface area contributed by atoms with Gasteiger partial charge in [0.2, 0.25) is 5.82 Å². The first kappa shape index (κ1) is 14.5. The topological polar surface area (TPSA) is 68.0 Å². The van der Waals surface area contributed by atoms with Crippen LogP contribution in [0.15, 0.2) is 28.8 Å². The highest BCUT2D eigenvalue weighted by molar-refractivity contribution is 5.99. The van der Waals surface area contributed by atoms with E-state index in [9.17, 15) is 22.4 Å². The number of benzene rings is 1. The molecule has 1 amide bonds. The summed E-state index contributed by atoms with van der Waals surface area (Å²) in [5, 5.41) is 5.63. The zero-order valence-electron chi connectivity index (χ0n) is 10.9. The van der Waals surface area contributed by atoms with Crippen LogP contribution in [0.25, 0.3) is 11.4 Å². The van der Waals surface area contributed by atoms with E-state index in [0.29, 0.717) is 5.69 Å². The molecule has 0 spiro atoms. The van der Waals surface area contributed by atoms with Gasteiger partial charge in [-0.1, -0.05) is 5.16 Å². The summed E-state index contributed by atoms with van der Waals surface area (Å²) in [6, 6.07) is 5.64. The summed E-state index contributed by atoms with van der Waals surface area (Å²) >= 11 is 0. The number of halogens is 4. The third kappa shape index (κ3) is 2.78. The van der Waals surface area contributed by atoms with Crippen molar-refractivity contribution in [3.8, 4) is 11.4 Å². The van der Waals surface area contributed by atoms with Crippen molar-refractivity contribution in [3.63, 3.8) is 0 Å². The summed E-state index contributed by atoms with van der Waals surface area (Å²) in [7, 11) is 0. The molecule has 116 valence electrons. The van der Waals surface area contributed by atoms with Crippen LogP contribution in [-0.2, 0) is 11.0 Å². The number of nitrogens with zero attached hydrogens (tertiary/aromatic N) is 2. The maximum absolute atomic E-state index is 13.5. The molecule has 1 aromatic heterocycles. The molecule has 0 aliphatic heterocycles. The molecule has 9 heteroatoms. The fraction of sp³-hybridized carbons (Fsp3) is 0.308. The normalized spacial score (nSPS) is 16.4. The lowest BCUT2D eigenvalue weighted by Gasteiger charge is -2.07. The van der Waals surface area contributed by atoms with E-state index in [4.69, 9.17) is 0 Å². The Morgan fingerprint density at radius 3 is 2.36 bits per heavy atom. The molecule has 2 aromatic rings. The van der Waals surface area contributed by atoms with Crippen molar-refractivity contribution in [2.45, 2.75) is 24.7 Å². The molecule has 3 rings (SSSR count). The van der Waals surface area contributed by atoms with Crippen LogP contribution >= 0.6 is 0 Å². The fourth-order valence-corrected chi connectivity index (χ4v) is 1.74. The Kier molecular flexibility index (Phi) is 3.15. The summed E-state index contributed by atoms with van der Waals surface area (Å²) in [5.74, 6) is -2.39. The maximum Gasteiger partial charge on any atom is 0.471 e. The number of nitrogens with one attached hydrogen (secondary N) is 1. The molecule has 0 atom stereocenters. The molecule has 0 saturated heterocycles. The molecular formula is C13H9F4N3O2. The Bertz CT molecular complexity index is 705. The van der Waals surface area contributed by atoms with Crippen LogP contribution < -0.4 is 5.32 Å². The number of carbonyl (C=O) groups is 1. The molecule has 1 heterocycles. The van der Waals surface area contributed by atoms with E-state index in [-0.39, 0.29) is 24.2 Å². The molecule has 1 aliphatic carbocycles. The van der Waals surface area contributed by atoms with Crippen molar-refractivity contribution < 1.29 is 26.9 Å². The number of anilines is 1. The number of aromatic nitrogens is 2. The third-order valence-corrected chi connectivity index (χ3v) is 3.17. The van der Waals surface area contributed by atoms with E-state index < -0.39 is 23.6 Å². The van der Waals surface area contributed by atoms with E-state index >= 15 is 0 Å². The van der Waals surface area contributed by atoms with Crippen LogP contribution in [0, 0.1) is 0 Å². The first-order chi connectivity index (χ1) is 10.3. The highest BCUT2D eigenvalue weighted by Crippen LogP contribution is 2.40. The van der Waals surface area contributed by atoms with E-state index in [0.717, 1.165) is 0 Å². The lowest BCUT2D eigenvalue weighted by molar-refractivity contribution is -0.159. The second kappa shape index (κ2) is 4.79. The number of alkyl halides is 4. The summed E-state index contributed by atoms with van der Waals surface area (Å²) < 4.78 is 54.7. The Morgan fingerprint density at radius 2 is 1.86 bits per heavy atom. The lowest BCUT2D eigenvalue weighted by atomic mass is 10.2. The molecule has 0 unspecified atom stereocenters. The van der Waals surface area contributed by atoms with E-state index in [1.807, 2.05) is 0 Å². The molecule has 22 heavy (non-hydrogen) atoms. The van der Waals surface area contributed by atoms with Gasteiger partial charge in [-0.05, 0) is 37.1 Å². The van der Waals surface area contributed by atoms with Gasteiger partial charge in [0.05, 0.1) is 0 Å². The van der Waals surface area contributed by atoms with Gasteiger partial charge in [-0.3, -0.25) is 4.79 Å². The molecule has 1 aliphatic rings. The average molecular weight is 315 g/mol. The quantitative estimate of drug-likeness (QED) is 0.883. The smallest absolute Gasteiger partial charge is 0.329 e. The van der Waals surface area contributed by atoms with E-state index in [1.54, 1.807) is 0 Å². The van der Waals surface area contributed by atoms with Crippen molar-refractivity contribution in [1.29, 1.82) is 0 Å². The summed E-state index contributed by atoms with van der Waals surface area (Å²) in [5.41, 5.74) is -1.19. The molecule has 1 N–H and O–H groups in total. The zero-order chi connectivity index (χ0) is 16.0. The minimum Gasteiger partial charge on any atom is -0.329 e. The van der Waals surface area contributed by atoms with Gasteiger partial charge in [0.15, 0.2) is 5.67 Å². The second-order valence-electron chi connectivity index (χ2n) is 4.92. The maximum atomic E-state index is 13.5. The largest absolute Gasteiger partial charge is 0.471 e. The van der Waals surface area contributed by atoms with Gasteiger partial charge < -0.3 is 9.84 Å². The Hall–Kier alpha value is -2.45. The van der Waals surface area contributed by atoms with E-state index in [2.05, 4.69) is 20.0 Å². The van der Waals surface area contributed by atoms with Gasteiger partial charge in [0.1, 0.15) is 0 Å². The van der Waals surface area contributed by atoms with Crippen molar-refractivity contribution in [3.05, 3.63) is 30.2 Å². The Morgan fingerprint density at radius 1 is 1.23 bits per heavy atom. The van der Waals surface area contributed by atoms with Crippen molar-refractivity contribution in [2.24, 2.45) is 0 Å². The summed E-state index contributed by atoms with van der Waals surface area (Å²) in [6.07, 6.45) is -4.32. The highest BCUT2D eigenvalue weighted by Gasteiger charge is 2.50. The van der Waals surface area contributed by atoms with Crippen LogP contribution in [0.2, 0.25) is 0 Å².